The molecular formula is C18H23FN2O3. The van der Waals surface area contributed by atoms with Crippen LogP contribution in [0.2, 0.25) is 0 Å². The maximum absolute atomic E-state index is 13.6. The highest BCUT2D eigenvalue weighted by atomic mass is 19.1. The number of carbonyl (C=O) groups excluding carboxylic acids is 1. The van der Waals surface area contributed by atoms with Crippen molar-refractivity contribution in [1.82, 2.24) is 10.2 Å². The molecule has 130 valence electrons. The number of carboxylic acids is 1. The third-order valence-electron chi connectivity index (χ3n) is 5.27. The molecule has 5 nitrogen and oxygen atoms in total. The number of aliphatic carboxylic acids is 1. The molecule has 0 unspecified atom stereocenters. The number of rotatable bonds is 5. The third kappa shape index (κ3) is 3.59. The lowest BCUT2D eigenvalue weighted by atomic mass is 9.85. The number of fused-ring (bicyclic) bond motifs is 1. The molecule has 1 aromatic rings. The number of nitrogens with zero attached hydrogens (tertiary/aromatic N) is 1. The van der Waals surface area contributed by atoms with Crippen LogP contribution in [0.3, 0.4) is 0 Å². The predicted octanol–water partition coefficient (Wildman–Crippen LogP) is 2.16. The number of nitrogens with one attached hydrogen (secondary N) is 1. The molecule has 1 aliphatic heterocycles. The Labute approximate surface area is 140 Å². The van der Waals surface area contributed by atoms with Crippen LogP contribution in [-0.2, 0) is 16.1 Å². The van der Waals surface area contributed by atoms with Crippen LogP contribution >= 0.6 is 0 Å². The average Bonchev–Trinajstić information content (AvgIpc) is 2.93. The zero-order valence-corrected chi connectivity index (χ0v) is 13.6. The van der Waals surface area contributed by atoms with Crippen molar-refractivity contribution in [2.75, 3.05) is 6.54 Å². The molecule has 1 amide bonds. The lowest BCUT2D eigenvalue weighted by Crippen LogP contribution is -2.47. The minimum absolute atomic E-state index is 0.0621. The molecule has 1 aromatic carbocycles. The zero-order chi connectivity index (χ0) is 17.1. The molecule has 1 saturated carbocycles. The van der Waals surface area contributed by atoms with Gasteiger partial charge in [-0.2, -0.15) is 0 Å². The van der Waals surface area contributed by atoms with Crippen LogP contribution < -0.4 is 5.32 Å². The summed E-state index contributed by atoms with van der Waals surface area (Å²) in [5.74, 6) is -1.09. The molecule has 0 radical (unpaired) electrons. The van der Waals surface area contributed by atoms with Gasteiger partial charge in [-0.25, -0.2) is 4.39 Å². The van der Waals surface area contributed by atoms with E-state index in [2.05, 4.69) is 5.32 Å². The van der Waals surface area contributed by atoms with Crippen LogP contribution in [0.15, 0.2) is 24.3 Å². The molecule has 6 heteroatoms. The van der Waals surface area contributed by atoms with Crippen LogP contribution in [0.5, 0.6) is 0 Å². The fraction of sp³-hybridized carbons (Fsp3) is 0.556. The van der Waals surface area contributed by atoms with Gasteiger partial charge in [-0.1, -0.05) is 31.0 Å². The molecule has 1 heterocycles. The van der Waals surface area contributed by atoms with Gasteiger partial charge in [0, 0.05) is 18.2 Å². The van der Waals surface area contributed by atoms with Gasteiger partial charge in [0.05, 0.1) is 6.54 Å². The van der Waals surface area contributed by atoms with Gasteiger partial charge in [0.15, 0.2) is 0 Å². The van der Waals surface area contributed by atoms with Gasteiger partial charge in [-0.05, 0) is 31.2 Å². The summed E-state index contributed by atoms with van der Waals surface area (Å²) in [5.41, 5.74) is 0.428. The van der Waals surface area contributed by atoms with Crippen LogP contribution in [-0.4, -0.2) is 40.5 Å². The Morgan fingerprint density at radius 3 is 2.75 bits per heavy atom. The highest BCUT2D eigenvalue weighted by Gasteiger charge is 2.45. The van der Waals surface area contributed by atoms with E-state index >= 15 is 0 Å². The first-order valence-electron chi connectivity index (χ1n) is 8.55. The number of hydrogen-bond donors (Lipinski definition) is 2. The summed E-state index contributed by atoms with van der Waals surface area (Å²) in [6, 6.07) is 5.90. The number of benzene rings is 1. The second kappa shape index (κ2) is 7.30. The van der Waals surface area contributed by atoms with E-state index in [0.29, 0.717) is 17.9 Å². The highest BCUT2D eigenvalue weighted by molar-refractivity contribution is 5.80. The Balaban J connectivity index is 1.61. The second-order valence-electron chi connectivity index (χ2n) is 6.74. The van der Waals surface area contributed by atoms with E-state index in [9.17, 15) is 19.1 Å². The van der Waals surface area contributed by atoms with E-state index in [-0.39, 0.29) is 30.9 Å². The first-order valence-corrected chi connectivity index (χ1v) is 8.55. The minimum atomic E-state index is -0.855. The van der Waals surface area contributed by atoms with Crippen molar-refractivity contribution in [3.8, 4) is 0 Å². The molecule has 0 aromatic heterocycles. The minimum Gasteiger partial charge on any atom is -0.480 e. The lowest BCUT2D eigenvalue weighted by molar-refractivity contribution is -0.143. The average molecular weight is 334 g/mol. The van der Waals surface area contributed by atoms with Gasteiger partial charge in [0.1, 0.15) is 11.9 Å². The monoisotopic (exact) mass is 334 g/mol. The smallest absolute Gasteiger partial charge is 0.320 e. The van der Waals surface area contributed by atoms with Crippen molar-refractivity contribution in [2.24, 2.45) is 5.92 Å². The normalized spacial score (nSPS) is 26.8. The first-order chi connectivity index (χ1) is 11.6. The number of amides is 1. The summed E-state index contributed by atoms with van der Waals surface area (Å²) in [6.07, 6.45) is 4.85. The van der Waals surface area contributed by atoms with Gasteiger partial charge >= 0.3 is 5.97 Å². The molecule has 3 atom stereocenters. The van der Waals surface area contributed by atoms with Gasteiger partial charge in [0.25, 0.3) is 0 Å². The fourth-order valence-corrected chi connectivity index (χ4v) is 4.08. The quantitative estimate of drug-likeness (QED) is 0.866. The first kappa shape index (κ1) is 16.9. The second-order valence-corrected chi connectivity index (χ2v) is 6.74. The summed E-state index contributed by atoms with van der Waals surface area (Å²) >= 11 is 0. The topological polar surface area (TPSA) is 69.6 Å². The number of hydrogen-bond acceptors (Lipinski definition) is 3. The standard InChI is InChI=1S/C18H23FN2O3/c19-14-7-3-1-6-13(14)10-20-17(22)11-21-15-8-4-2-5-12(15)9-16(21)18(23)24/h1,3,6-7,12,15-16H,2,4-5,8-11H2,(H,20,22)(H,23,24)/t12-,15+,16+/m1/s1. The molecular weight excluding hydrogens is 311 g/mol. The number of carbonyl (C=O) groups is 2. The van der Waals surface area contributed by atoms with Crippen LogP contribution in [0.1, 0.15) is 37.7 Å². The molecule has 3 rings (SSSR count). The van der Waals surface area contributed by atoms with Crippen molar-refractivity contribution in [2.45, 2.75) is 50.7 Å². The fourth-order valence-electron chi connectivity index (χ4n) is 4.08. The molecule has 1 aliphatic carbocycles. The SMILES string of the molecule is O=C(CN1[C@H](C(=O)O)C[C@H]2CCCC[C@@H]21)NCc1ccccc1F. The maximum Gasteiger partial charge on any atom is 0.320 e. The number of halogens is 1. The number of carboxylic acid groups (broad SMARTS) is 1. The van der Waals surface area contributed by atoms with E-state index in [0.717, 1.165) is 25.7 Å². The molecule has 0 bridgehead atoms. The van der Waals surface area contributed by atoms with Crippen molar-refractivity contribution in [1.29, 1.82) is 0 Å². The molecule has 1 saturated heterocycles. The molecule has 2 aliphatic rings. The van der Waals surface area contributed by atoms with Gasteiger partial charge in [-0.3, -0.25) is 14.5 Å². The summed E-state index contributed by atoms with van der Waals surface area (Å²) in [7, 11) is 0. The van der Waals surface area contributed by atoms with Crippen LogP contribution in [0.25, 0.3) is 0 Å². The molecule has 2 fully saturated rings. The maximum atomic E-state index is 13.6. The van der Waals surface area contributed by atoms with Crippen molar-refractivity contribution in [3.05, 3.63) is 35.6 Å². The van der Waals surface area contributed by atoms with Gasteiger partial charge < -0.3 is 10.4 Å². The summed E-state index contributed by atoms with van der Waals surface area (Å²) in [6.45, 7) is 0.178. The van der Waals surface area contributed by atoms with E-state index < -0.39 is 12.0 Å². The predicted molar refractivity (Wildman–Crippen MR) is 86.7 cm³/mol. The summed E-state index contributed by atoms with van der Waals surface area (Å²) < 4.78 is 13.6. The Morgan fingerprint density at radius 2 is 2.00 bits per heavy atom. The van der Waals surface area contributed by atoms with E-state index in [1.165, 1.54) is 6.07 Å². The Bertz CT molecular complexity index is 622. The van der Waals surface area contributed by atoms with Gasteiger partial charge in [-0.15, -0.1) is 0 Å². The largest absolute Gasteiger partial charge is 0.480 e. The molecule has 0 spiro atoms. The van der Waals surface area contributed by atoms with E-state index in [1.807, 2.05) is 4.90 Å². The third-order valence-corrected chi connectivity index (χ3v) is 5.27. The van der Waals surface area contributed by atoms with Crippen LogP contribution in [0.4, 0.5) is 4.39 Å². The number of likely N-dealkylation sites (tertiary alicyclic amines) is 1. The van der Waals surface area contributed by atoms with E-state index in [1.54, 1.807) is 18.2 Å². The highest BCUT2D eigenvalue weighted by Crippen LogP contribution is 2.39. The van der Waals surface area contributed by atoms with Gasteiger partial charge in [0.2, 0.25) is 5.91 Å². The van der Waals surface area contributed by atoms with E-state index in [4.69, 9.17) is 0 Å². The van der Waals surface area contributed by atoms with Crippen molar-refractivity contribution < 1.29 is 19.1 Å². The van der Waals surface area contributed by atoms with Crippen LogP contribution in [0, 0.1) is 11.7 Å². The Kier molecular flexibility index (Phi) is 5.14. The Morgan fingerprint density at radius 1 is 1.25 bits per heavy atom. The zero-order valence-electron chi connectivity index (χ0n) is 13.6. The van der Waals surface area contributed by atoms with Crippen molar-refractivity contribution >= 4 is 11.9 Å². The lowest BCUT2D eigenvalue weighted by Gasteiger charge is -2.32. The summed E-state index contributed by atoms with van der Waals surface area (Å²) in [4.78, 5) is 25.6. The van der Waals surface area contributed by atoms with Crippen molar-refractivity contribution in [3.63, 3.8) is 0 Å². The summed E-state index contributed by atoms with van der Waals surface area (Å²) in [5, 5.41) is 12.2. The Hall–Kier alpha value is -1.95. The molecule has 2 N–H and O–H groups in total. The molecule has 24 heavy (non-hydrogen) atoms.